The lowest BCUT2D eigenvalue weighted by Gasteiger charge is -2.33. The Bertz CT molecular complexity index is 362. The third-order valence-corrected chi connectivity index (χ3v) is 4.16. The van der Waals surface area contributed by atoms with Crippen molar-refractivity contribution < 1.29 is 9.47 Å². The smallest absolute Gasteiger partial charge is 0.191 e. The Morgan fingerprint density at radius 1 is 1.21 bits per heavy atom. The van der Waals surface area contributed by atoms with Crippen molar-refractivity contribution in [2.45, 2.75) is 45.8 Å². The molecule has 7 heteroatoms. The van der Waals surface area contributed by atoms with Gasteiger partial charge >= 0.3 is 0 Å². The largest absolute Gasteiger partial charge is 0.376 e. The second-order valence-electron chi connectivity index (χ2n) is 6.88. The normalized spacial score (nSPS) is 25.6. The Balaban J connectivity index is 0.00000288. The second-order valence-corrected chi connectivity index (χ2v) is 6.88. The molecule has 0 aromatic rings. The van der Waals surface area contributed by atoms with Gasteiger partial charge < -0.3 is 20.1 Å². The maximum atomic E-state index is 5.87. The van der Waals surface area contributed by atoms with Crippen LogP contribution in [0.2, 0.25) is 0 Å². The van der Waals surface area contributed by atoms with Crippen LogP contribution in [0.5, 0.6) is 0 Å². The molecule has 0 spiro atoms. The van der Waals surface area contributed by atoms with Gasteiger partial charge in [-0.2, -0.15) is 0 Å². The highest BCUT2D eigenvalue weighted by Gasteiger charge is 2.21. The number of ether oxygens (including phenoxy) is 2. The van der Waals surface area contributed by atoms with E-state index >= 15 is 0 Å². The van der Waals surface area contributed by atoms with E-state index in [9.17, 15) is 0 Å². The Labute approximate surface area is 164 Å². The molecule has 0 aliphatic carbocycles. The Hall–Kier alpha value is -0.120. The fraction of sp³-hybridized carbons (Fsp3) is 0.941. The van der Waals surface area contributed by atoms with Gasteiger partial charge in [-0.3, -0.25) is 9.89 Å². The van der Waals surface area contributed by atoms with Gasteiger partial charge in [-0.25, -0.2) is 0 Å². The highest BCUT2D eigenvalue weighted by Crippen LogP contribution is 2.11. The molecule has 0 bridgehead atoms. The van der Waals surface area contributed by atoms with Crippen LogP contribution in [0.15, 0.2) is 4.99 Å². The van der Waals surface area contributed by atoms with Gasteiger partial charge in [-0.1, -0.05) is 13.8 Å². The molecule has 2 aliphatic rings. The third kappa shape index (κ3) is 8.31. The number of hydrogen-bond donors (Lipinski definition) is 2. The van der Waals surface area contributed by atoms with Gasteiger partial charge in [0.15, 0.2) is 5.96 Å². The van der Waals surface area contributed by atoms with Crippen molar-refractivity contribution in [2.75, 3.05) is 52.5 Å². The molecule has 0 amide bonds. The molecule has 0 radical (unpaired) electrons. The molecule has 0 aromatic heterocycles. The highest BCUT2D eigenvalue weighted by molar-refractivity contribution is 14.0. The first-order valence-electron chi connectivity index (χ1n) is 9.15. The maximum absolute atomic E-state index is 5.87. The van der Waals surface area contributed by atoms with Crippen LogP contribution < -0.4 is 10.6 Å². The molecule has 0 saturated carbocycles. The zero-order chi connectivity index (χ0) is 16.5. The standard InChI is InChI=1S/C17H34N4O2.HI/c1-4-18-17(19-10-15-6-5-8-22-15)20-11-16-13-21(7-9-23-16)12-14(2)3;/h14-16H,4-13H2,1-3H3,(H2,18,19,20);1H. The summed E-state index contributed by atoms with van der Waals surface area (Å²) < 4.78 is 11.5. The molecule has 0 aromatic carbocycles. The van der Waals surface area contributed by atoms with E-state index in [2.05, 4.69) is 36.3 Å². The molecule has 2 atom stereocenters. The van der Waals surface area contributed by atoms with Gasteiger partial charge in [-0.05, 0) is 25.7 Å². The molecule has 2 N–H and O–H groups in total. The molecular formula is C17H35IN4O2. The SMILES string of the molecule is CCNC(=NCC1CN(CC(C)C)CCO1)NCC1CCCO1.I. The van der Waals surface area contributed by atoms with Gasteiger partial charge in [-0.15, -0.1) is 24.0 Å². The summed E-state index contributed by atoms with van der Waals surface area (Å²) in [5.74, 6) is 1.57. The first kappa shape index (κ1) is 21.9. The Morgan fingerprint density at radius 2 is 2.00 bits per heavy atom. The number of nitrogens with one attached hydrogen (secondary N) is 2. The average Bonchev–Trinajstić information content (AvgIpc) is 3.03. The number of rotatable bonds is 7. The summed E-state index contributed by atoms with van der Waals surface area (Å²) in [7, 11) is 0. The van der Waals surface area contributed by atoms with Crippen molar-refractivity contribution in [3.05, 3.63) is 0 Å². The van der Waals surface area contributed by atoms with Crippen LogP contribution in [0, 0.1) is 5.92 Å². The minimum absolute atomic E-state index is 0. The third-order valence-electron chi connectivity index (χ3n) is 4.16. The van der Waals surface area contributed by atoms with Crippen LogP contribution in [-0.2, 0) is 9.47 Å². The van der Waals surface area contributed by atoms with E-state index in [-0.39, 0.29) is 30.1 Å². The number of halogens is 1. The average molecular weight is 454 g/mol. The first-order valence-corrected chi connectivity index (χ1v) is 9.15. The van der Waals surface area contributed by atoms with Gasteiger partial charge in [0.05, 0.1) is 25.4 Å². The fourth-order valence-electron chi connectivity index (χ4n) is 3.12. The summed E-state index contributed by atoms with van der Waals surface area (Å²) in [6, 6.07) is 0. The van der Waals surface area contributed by atoms with E-state index in [1.807, 2.05) is 0 Å². The number of morpholine rings is 1. The van der Waals surface area contributed by atoms with E-state index < -0.39 is 0 Å². The molecule has 6 nitrogen and oxygen atoms in total. The Morgan fingerprint density at radius 3 is 2.67 bits per heavy atom. The molecule has 2 rings (SSSR count). The lowest BCUT2D eigenvalue weighted by molar-refractivity contribution is -0.0262. The maximum Gasteiger partial charge on any atom is 0.191 e. The predicted molar refractivity (Wildman–Crippen MR) is 109 cm³/mol. The van der Waals surface area contributed by atoms with Crippen LogP contribution in [0.1, 0.15) is 33.6 Å². The van der Waals surface area contributed by atoms with E-state index in [1.165, 1.54) is 6.42 Å². The minimum atomic E-state index is 0. The Kier molecular flexibility index (Phi) is 11.2. The second kappa shape index (κ2) is 12.3. The van der Waals surface area contributed by atoms with Crippen LogP contribution >= 0.6 is 24.0 Å². The topological polar surface area (TPSA) is 58.1 Å². The lowest BCUT2D eigenvalue weighted by atomic mass is 10.2. The molecule has 2 fully saturated rings. The summed E-state index contributed by atoms with van der Waals surface area (Å²) in [4.78, 5) is 7.19. The predicted octanol–water partition coefficient (Wildman–Crippen LogP) is 1.70. The van der Waals surface area contributed by atoms with E-state index in [0.717, 1.165) is 58.3 Å². The molecule has 2 saturated heterocycles. The molecular weight excluding hydrogens is 419 g/mol. The number of nitrogens with zero attached hydrogens (tertiary/aromatic N) is 2. The molecule has 2 heterocycles. The van der Waals surface area contributed by atoms with Gasteiger partial charge in [0.25, 0.3) is 0 Å². The van der Waals surface area contributed by atoms with E-state index in [4.69, 9.17) is 14.5 Å². The highest BCUT2D eigenvalue weighted by atomic mass is 127. The van der Waals surface area contributed by atoms with Gasteiger partial charge in [0.2, 0.25) is 0 Å². The molecule has 24 heavy (non-hydrogen) atoms. The summed E-state index contributed by atoms with van der Waals surface area (Å²) in [5.41, 5.74) is 0. The first-order chi connectivity index (χ1) is 11.2. The van der Waals surface area contributed by atoms with Crippen LogP contribution in [0.3, 0.4) is 0 Å². The van der Waals surface area contributed by atoms with Crippen molar-refractivity contribution in [3.63, 3.8) is 0 Å². The number of guanidine groups is 1. The van der Waals surface area contributed by atoms with Crippen molar-refractivity contribution in [1.29, 1.82) is 0 Å². The van der Waals surface area contributed by atoms with Crippen LogP contribution in [0.25, 0.3) is 0 Å². The molecule has 2 aliphatic heterocycles. The number of aliphatic imine (C=N–C) groups is 1. The van der Waals surface area contributed by atoms with Crippen molar-refractivity contribution in [2.24, 2.45) is 10.9 Å². The van der Waals surface area contributed by atoms with Crippen LogP contribution in [0.4, 0.5) is 0 Å². The van der Waals surface area contributed by atoms with Crippen LogP contribution in [-0.4, -0.2) is 75.5 Å². The monoisotopic (exact) mass is 454 g/mol. The summed E-state index contributed by atoms with van der Waals surface area (Å²) in [6.45, 7) is 13.9. The lowest BCUT2D eigenvalue weighted by Crippen LogP contribution is -2.46. The summed E-state index contributed by atoms with van der Waals surface area (Å²) in [6.07, 6.45) is 2.83. The van der Waals surface area contributed by atoms with Crippen molar-refractivity contribution in [3.8, 4) is 0 Å². The van der Waals surface area contributed by atoms with E-state index in [0.29, 0.717) is 18.6 Å². The zero-order valence-electron chi connectivity index (χ0n) is 15.4. The molecule has 2 unspecified atom stereocenters. The van der Waals surface area contributed by atoms with Gasteiger partial charge in [0, 0.05) is 39.3 Å². The van der Waals surface area contributed by atoms with E-state index in [1.54, 1.807) is 0 Å². The quantitative estimate of drug-likeness (QED) is 0.349. The fourth-order valence-corrected chi connectivity index (χ4v) is 3.12. The summed E-state index contributed by atoms with van der Waals surface area (Å²) in [5, 5.41) is 6.69. The minimum Gasteiger partial charge on any atom is -0.376 e. The number of hydrogen-bond acceptors (Lipinski definition) is 4. The summed E-state index contributed by atoms with van der Waals surface area (Å²) >= 11 is 0. The van der Waals surface area contributed by atoms with Crippen molar-refractivity contribution >= 4 is 29.9 Å². The van der Waals surface area contributed by atoms with Crippen molar-refractivity contribution in [1.82, 2.24) is 15.5 Å². The molecule has 142 valence electrons. The van der Waals surface area contributed by atoms with Gasteiger partial charge in [0.1, 0.15) is 0 Å². The zero-order valence-corrected chi connectivity index (χ0v) is 17.8.